The van der Waals surface area contributed by atoms with Crippen molar-refractivity contribution in [3.63, 3.8) is 0 Å². The highest BCUT2D eigenvalue weighted by molar-refractivity contribution is 6.35. The summed E-state index contributed by atoms with van der Waals surface area (Å²) in [5, 5.41) is 0. The Morgan fingerprint density at radius 2 is 1.83 bits per heavy atom. The smallest absolute Gasteiger partial charge is 0.399 e. The predicted octanol–water partition coefficient (Wildman–Crippen LogP) is 1.08. The van der Waals surface area contributed by atoms with Crippen molar-refractivity contribution >= 4 is 19.0 Å². The molecule has 1 nitrogen and oxygen atoms in total. The van der Waals surface area contributed by atoms with E-state index in [1.54, 1.807) is 0 Å². The molecule has 0 aliphatic carbocycles. The summed E-state index contributed by atoms with van der Waals surface area (Å²) >= 11 is 0. The van der Waals surface area contributed by atoms with Crippen LogP contribution < -0.4 is 11.2 Å². The van der Waals surface area contributed by atoms with E-state index >= 15 is 0 Å². The maximum absolute atomic E-state index is 12.0. The van der Waals surface area contributed by atoms with Gasteiger partial charge >= 0.3 is 6.18 Å². The van der Waals surface area contributed by atoms with Crippen LogP contribution >= 0.6 is 0 Å². The van der Waals surface area contributed by atoms with Crippen LogP contribution in [-0.4, -0.2) is 7.85 Å². The Bertz CT molecular complexity index is 295. The van der Waals surface area contributed by atoms with E-state index in [1.807, 2.05) is 0 Å². The summed E-state index contributed by atoms with van der Waals surface area (Å²) in [4.78, 5) is 0. The highest BCUT2D eigenvalue weighted by Gasteiger charge is 2.30. The zero-order chi connectivity index (χ0) is 9.35. The molecule has 0 aromatic heterocycles. The molecule has 0 saturated heterocycles. The summed E-state index contributed by atoms with van der Waals surface area (Å²) in [5.41, 5.74) is 4.51. The third-order valence-corrected chi connectivity index (χ3v) is 1.41. The Balaban J connectivity index is 3.14. The molecule has 5 heteroatoms. The third kappa shape index (κ3) is 1.72. The maximum Gasteiger partial charge on any atom is 0.416 e. The lowest BCUT2D eigenvalue weighted by molar-refractivity contribution is -0.137. The fourth-order valence-corrected chi connectivity index (χ4v) is 0.751. The predicted molar refractivity (Wildman–Crippen MR) is 41.2 cm³/mol. The van der Waals surface area contributed by atoms with Gasteiger partial charge in [0.25, 0.3) is 0 Å². The van der Waals surface area contributed by atoms with Crippen molar-refractivity contribution in [2.24, 2.45) is 0 Å². The van der Waals surface area contributed by atoms with Gasteiger partial charge in [-0.25, -0.2) is 0 Å². The number of hydrogen-bond donors (Lipinski definition) is 1. The maximum atomic E-state index is 12.0. The van der Waals surface area contributed by atoms with E-state index < -0.39 is 11.7 Å². The van der Waals surface area contributed by atoms with E-state index in [0.717, 1.165) is 18.2 Å². The molecule has 1 rings (SSSR count). The fourth-order valence-electron chi connectivity index (χ4n) is 0.751. The molecule has 1 aromatic carbocycles. The van der Waals surface area contributed by atoms with Gasteiger partial charge in [-0.3, -0.25) is 0 Å². The van der Waals surface area contributed by atoms with E-state index in [9.17, 15) is 13.2 Å². The van der Waals surface area contributed by atoms with Crippen LogP contribution in [0.4, 0.5) is 18.9 Å². The molecule has 0 aliphatic heterocycles. The lowest BCUT2D eigenvalue weighted by Crippen LogP contribution is -2.13. The largest absolute Gasteiger partial charge is 0.416 e. The molecule has 0 atom stereocenters. The lowest BCUT2D eigenvalue weighted by atomic mass is 9.93. The minimum Gasteiger partial charge on any atom is -0.399 e. The quantitative estimate of drug-likeness (QED) is 0.458. The van der Waals surface area contributed by atoms with Gasteiger partial charge in [-0.15, -0.1) is 0 Å². The van der Waals surface area contributed by atoms with E-state index in [4.69, 9.17) is 13.6 Å². The molecule has 0 heterocycles. The van der Waals surface area contributed by atoms with Gasteiger partial charge in [-0.2, -0.15) is 13.2 Å². The van der Waals surface area contributed by atoms with E-state index in [2.05, 4.69) is 0 Å². The molecule has 2 radical (unpaired) electrons. The van der Waals surface area contributed by atoms with Gasteiger partial charge in [0.2, 0.25) is 0 Å². The summed E-state index contributed by atoms with van der Waals surface area (Å²) in [5.74, 6) is 0. The minimum atomic E-state index is -4.36. The van der Waals surface area contributed by atoms with Crippen LogP contribution in [0, 0.1) is 0 Å². The van der Waals surface area contributed by atoms with Crippen LogP contribution in [0.25, 0.3) is 0 Å². The molecule has 0 spiro atoms. The number of hydrogen-bond acceptors (Lipinski definition) is 1. The molecular formula is C7H5BF3N. The highest BCUT2D eigenvalue weighted by atomic mass is 19.4. The fraction of sp³-hybridized carbons (Fsp3) is 0.143. The first-order valence-corrected chi connectivity index (χ1v) is 3.13. The van der Waals surface area contributed by atoms with Crippen molar-refractivity contribution < 1.29 is 13.2 Å². The van der Waals surface area contributed by atoms with Crippen LogP contribution in [0.15, 0.2) is 18.2 Å². The number of nitrogens with two attached hydrogens (primary N) is 1. The SMILES string of the molecule is [B]c1ccc(C(F)(F)F)cc1N. The average molecular weight is 171 g/mol. The van der Waals surface area contributed by atoms with E-state index in [0.29, 0.717) is 0 Å². The van der Waals surface area contributed by atoms with Crippen molar-refractivity contribution in [2.45, 2.75) is 6.18 Å². The summed E-state index contributed by atoms with van der Waals surface area (Å²) in [7, 11) is 5.24. The van der Waals surface area contributed by atoms with Crippen molar-refractivity contribution in [3.05, 3.63) is 23.8 Å². The summed E-state index contributed by atoms with van der Waals surface area (Å²) in [6.07, 6.45) is -4.36. The summed E-state index contributed by atoms with van der Waals surface area (Å²) in [6.45, 7) is 0. The van der Waals surface area contributed by atoms with Gasteiger partial charge in [0.05, 0.1) is 5.56 Å². The number of rotatable bonds is 0. The van der Waals surface area contributed by atoms with Gasteiger partial charge in [0.15, 0.2) is 0 Å². The van der Waals surface area contributed by atoms with Gasteiger partial charge < -0.3 is 5.73 Å². The number of benzene rings is 1. The number of halogens is 3. The Morgan fingerprint density at radius 1 is 1.25 bits per heavy atom. The second kappa shape index (κ2) is 2.73. The first-order valence-electron chi connectivity index (χ1n) is 3.13. The standard InChI is InChI=1S/C7H5BF3N/c8-5-2-1-4(3-6(5)12)7(9,10)11/h1-3H,12H2. The zero-order valence-electron chi connectivity index (χ0n) is 6.02. The lowest BCUT2D eigenvalue weighted by Gasteiger charge is -2.08. The van der Waals surface area contributed by atoms with Crippen molar-refractivity contribution in [3.8, 4) is 0 Å². The monoisotopic (exact) mass is 171 g/mol. The van der Waals surface area contributed by atoms with E-state index in [1.165, 1.54) is 0 Å². The Hall–Kier alpha value is -1.13. The van der Waals surface area contributed by atoms with Gasteiger partial charge in [0, 0.05) is 5.69 Å². The van der Waals surface area contributed by atoms with Gasteiger partial charge in [-0.05, 0) is 6.07 Å². The molecule has 0 fully saturated rings. The van der Waals surface area contributed by atoms with Crippen molar-refractivity contribution in [1.82, 2.24) is 0 Å². The normalized spacial score (nSPS) is 11.6. The third-order valence-electron chi connectivity index (χ3n) is 1.41. The topological polar surface area (TPSA) is 26.0 Å². The number of nitrogen functional groups attached to an aromatic ring is 1. The average Bonchev–Trinajstić information content (AvgIpc) is 1.92. The van der Waals surface area contributed by atoms with Crippen LogP contribution in [0.2, 0.25) is 0 Å². The first kappa shape index (κ1) is 8.97. The van der Waals surface area contributed by atoms with Crippen LogP contribution in [0.1, 0.15) is 5.56 Å². The van der Waals surface area contributed by atoms with E-state index in [-0.39, 0.29) is 11.2 Å². The number of anilines is 1. The number of alkyl halides is 3. The second-order valence-corrected chi connectivity index (χ2v) is 2.34. The minimum absolute atomic E-state index is 0.0511. The van der Waals surface area contributed by atoms with Crippen molar-refractivity contribution in [2.75, 3.05) is 5.73 Å². The molecule has 0 aliphatic rings. The molecule has 0 amide bonds. The van der Waals surface area contributed by atoms with Gasteiger partial charge in [-0.1, -0.05) is 17.6 Å². The van der Waals surface area contributed by atoms with Crippen LogP contribution in [0.3, 0.4) is 0 Å². The molecule has 62 valence electrons. The molecule has 0 saturated carbocycles. The van der Waals surface area contributed by atoms with Crippen LogP contribution in [-0.2, 0) is 6.18 Å². The van der Waals surface area contributed by atoms with Crippen LogP contribution in [0.5, 0.6) is 0 Å². The molecule has 2 N–H and O–H groups in total. The first-order chi connectivity index (χ1) is 5.41. The summed E-state index contributed by atoms with van der Waals surface area (Å²) < 4.78 is 36.0. The van der Waals surface area contributed by atoms with Gasteiger partial charge in [0.1, 0.15) is 7.85 Å². The summed E-state index contributed by atoms with van der Waals surface area (Å²) in [6, 6.07) is 2.85. The second-order valence-electron chi connectivity index (χ2n) is 2.34. The molecule has 12 heavy (non-hydrogen) atoms. The Labute approximate surface area is 68.8 Å². The molecule has 0 unspecified atom stereocenters. The zero-order valence-corrected chi connectivity index (χ0v) is 6.02. The van der Waals surface area contributed by atoms with Crippen molar-refractivity contribution in [1.29, 1.82) is 0 Å². The molecule has 0 bridgehead atoms. The Kier molecular flexibility index (Phi) is 2.04. The Morgan fingerprint density at radius 3 is 2.25 bits per heavy atom. The molecule has 1 aromatic rings. The molecular weight excluding hydrogens is 166 g/mol. The highest BCUT2D eigenvalue weighted by Crippen LogP contribution is 2.29.